The van der Waals surface area contributed by atoms with Crippen LogP contribution >= 0.6 is 0 Å². The highest BCUT2D eigenvalue weighted by molar-refractivity contribution is 5.93. The Hall–Kier alpha value is -1.51. The maximum atomic E-state index is 11.8. The number of aryl methyl sites for hydroxylation is 1. The standard InChI is InChI=1S/C14H22N2O/c1-10-5-6-11(15)12(9-10)16-13(17)7-8-14(2,3)4/h5-6,9H,7-8,15H2,1-4H3,(H,16,17). The van der Waals surface area contributed by atoms with Crippen LogP contribution in [0.2, 0.25) is 0 Å². The van der Waals surface area contributed by atoms with Crippen LogP contribution in [0.25, 0.3) is 0 Å². The first kappa shape index (κ1) is 13.6. The number of carbonyl (C=O) groups is 1. The SMILES string of the molecule is Cc1ccc(N)c(NC(=O)CCC(C)(C)C)c1. The topological polar surface area (TPSA) is 55.1 Å². The maximum absolute atomic E-state index is 11.8. The lowest BCUT2D eigenvalue weighted by atomic mass is 9.90. The molecular weight excluding hydrogens is 212 g/mol. The normalized spacial score (nSPS) is 11.3. The molecule has 0 heterocycles. The fraction of sp³-hybridized carbons (Fsp3) is 0.500. The Kier molecular flexibility index (Phi) is 4.16. The molecule has 0 atom stereocenters. The largest absolute Gasteiger partial charge is 0.397 e. The van der Waals surface area contributed by atoms with E-state index in [0.29, 0.717) is 17.8 Å². The molecule has 1 amide bonds. The second kappa shape index (κ2) is 5.21. The number of nitrogens with one attached hydrogen (secondary N) is 1. The molecule has 1 aromatic carbocycles. The van der Waals surface area contributed by atoms with Crippen molar-refractivity contribution in [2.75, 3.05) is 11.1 Å². The van der Waals surface area contributed by atoms with E-state index in [9.17, 15) is 4.79 Å². The minimum atomic E-state index is 0.0252. The molecule has 1 rings (SSSR count). The lowest BCUT2D eigenvalue weighted by Gasteiger charge is -2.17. The van der Waals surface area contributed by atoms with Crippen LogP contribution in [0.1, 0.15) is 39.2 Å². The molecule has 0 aliphatic heterocycles. The van der Waals surface area contributed by atoms with E-state index in [2.05, 4.69) is 26.1 Å². The molecule has 0 spiro atoms. The number of benzene rings is 1. The van der Waals surface area contributed by atoms with Crippen molar-refractivity contribution in [3.05, 3.63) is 23.8 Å². The minimum absolute atomic E-state index is 0.0252. The number of rotatable bonds is 3. The number of hydrogen-bond donors (Lipinski definition) is 2. The number of hydrogen-bond acceptors (Lipinski definition) is 2. The summed E-state index contributed by atoms with van der Waals surface area (Å²) < 4.78 is 0. The zero-order chi connectivity index (χ0) is 13.1. The van der Waals surface area contributed by atoms with Crippen LogP contribution in [0.5, 0.6) is 0 Å². The van der Waals surface area contributed by atoms with Crippen LogP contribution in [0, 0.1) is 12.3 Å². The van der Waals surface area contributed by atoms with Crippen molar-refractivity contribution in [1.29, 1.82) is 0 Å². The second-order valence-electron chi connectivity index (χ2n) is 5.70. The summed E-state index contributed by atoms with van der Waals surface area (Å²) in [5, 5.41) is 2.86. The zero-order valence-electron chi connectivity index (χ0n) is 11.1. The molecule has 0 aromatic heterocycles. The van der Waals surface area contributed by atoms with Gasteiger partial charge in [-0.15, -0.1) is 0 Å². The van der Waals surface area contributed by atoms with Crippen LogP contribution in [0.4, 0.5) is 11.4 Å². The summed E-state index contributed by atoms with van der Waals surface area (Å²) in [5.41, 5.74) is 8.39. The smallest absolute Gasteiger partial charge is 0.224 e. The Bertz CT molecular complexity index is 405. The number of carbonyl (C=O) groups excluding carboxylic acids is 1. The van der Waals surface area contributed by atoms with E-state index in [4.69, 9.17) is 5.73 Å². The summed E-state index contributed by atoms with van der Waals surface area (Å²) in [6.07, 6.45) is 1.39. The molecule has 0 aliphatic carbocycles. The highest BCUT2D eigenvalue weighted by Crippen LogP contribution is 2.23. The highest BCUT2D eigenvalue weighted by atomic mass is 16.1. The minimum Gasteiger partial charge on any atom is -0.397 e. The van der Waals surface area contributed by atoms with Crippen LogP contribution in [-0.4, -0.2) is 5.91 Å². The Labute approximate surface area is 103 Å². The van der Waals surface area contributed by atoms with E-state index in [1.807, 2.05) is 25.1 Å². The van der Waals surface area contributed by atoms with Crippen LogP contribution in [0.15, 0.2) is 18.2 Å². The summed E-state index contributed by atoms with van der Waals surface area (Å²) in [6, 6.07) is 5.64. The Morgan fingerprint density at radius 3 is 2.59 bits per heavy atom. The first-order valence-electron chi connectivity index (χ1n) is 5.94. The summed E-state index contributed by atoms with van der Waals surface area (Å²) in [7, 11) is 0. The molecule has 3 heteroatoms. The molecule has 0 bridgehead atoms. The Morgan fingerprint density at radius 2 is 2.00 bits per heavy atom. The third kappa shape index (κ3) is 4.89. The summed E-state index contributed by atoms with van der Waals surface area (Å²) >= 11 is 0. The van der Waals surface area contributed by atoms with Gasteiger partial charge in [0.15, 0.2) is 0 Å². The van der Waals surface area contributed by atoms with Crippen LogP contribution in [-0.2, 0) is 4.79 Å². The molecule has 1 aromatic rings. The number of amides is 1. The van der Waals surface area contributed by atoms with Crippen molar-refractivity contribution >= 4 is 17.3 Å². The third-order valence-electron chi connectivity index (χ3n) is 2.58. The highest BCUT2D eigenvalue weighted by Gasteiger charge is 2.13. The molecular formula is C14H22N2O. The van der Waals surface area contributed by atoms with Crippen LogP contribution < -0.4 is 11.1 Å². The van der Waals surface area contributed by atoms with Crippen molar-refractivity contribution < 1.29 is 4.79 Å². The first-order chi connectivity index (χ1) is 7.78. The summed E-state index contributed by atoms with van der Waals surface area (Å²) in [6.45, 7) is 8.36. The van der Waals surface area contributed by atoms with Crippen molar-refractivity contribution in [3.63, 3.8) is 0 Å². The van der Waals surface area contributed by atoms with E-state index in [-0.39, 0.29) is 11.3 Å². The average Bonchev–Trinajstić information content (AvgIpc) is 2.20. The van der Waals surface area contributed by atoms with Gasteiger partial charge in [-0.05, 0) is 36.5 Å². The lowest BCUT2D eigenvalue weighted by molar-refractivity contribution is -0.116. The summed E-state index contributed by atoms with van der Waals surface area (Å²) in [4.78, 5) is 11.8. The predicted molar refractivity (Wildman–Crippen MR) is 72.9 cm³/mol. The Morgan fingerprint density at radius 1 is 1.35 bits per heavy atom. The molecule has 3 nitrogen and oxygen atoms in total. The van der Waals surface area contributed by atoms with Gasteiger partial charge in [0.05, 0.1) is 11.4 Å². The van der Waals surface area contributed by atoms with Crippen LogP contribution in [0.3, 0.4) is 0 Å². The van der Waals surface area contributed by atoms with E-state index < -0.39 is 0 Å². The number of anilines is 2. The van der Waals surface area contributed by atoms with E-state index in [0.717, 1.165) is 12.0 Å². The quantitative estimate of drug-likeness (QED) is 0.788. The summed E-state index contributed by atoms with van der Waals surface area (Å²) in [5.74, 6) is 0.0252. The molecule has 0 fully saturated rings. The van der Waals surface area contributed by atoms with Gasteiger partial charge in [0, 0.05) is 6.42 Å². The maximum Gasteiger partial charge on any atom is 0.224 e. The number of nitrogen functional groups attached to an aromatic ring is 1. The van der Waals surface area contributed by atoms with Gasteiger partial charge in [-0.2, -0.15) is 0 Å². The van der Waals surface area contributed by atoms with E-state index in [1.54, 1.807) is 0 Å². The van der Waals surface area contributed by atoms with Gasteiger partial charge in [0.2, 0.25) is 5.91 Å². The third-order valence-corrected chi connectivity index (χ3v) is 2.58. The number of nitrogens with two attached hydrogens (primary N) is 1. The zero-order valence-corrected chi connectivity index (χ0v) is 11.1. The van der Waals surface area contributed by atoms with Gasteiger partial charge >= 0.3 is 0 Å². The fourth-order valence-corrected chi connectivity index (χ4v) is 1.48. The molecule has 0 radical (unpaired) electrons. The average molecular weight is 234 g/mol. The van der Waals surface area contributed by atoms with Crippen molar-refractivity contribution in [2.45, 2.75) is 40.5 Å². The molecule has 94 valence electrons. The van der Waals surface area contributed by atoms with E-state index >= 15 is 0 Å². The van der Waals surface area contributed by atoms with Gasteiger partial charge < -0.3 is 11.1 Å². The molecule has 0 saturated carbocycles. The van der Waals surface area contributed by atoms with Gasteiger partial charge in [-0.1, -0.05) is 26.8 Å². The van der Waals surface area contributed by atoms with Crippen molar-refractivity contribution in [1.82, 2.24) is 0 Å². The van der Waals surface area contributed by atoms with E-state index in [1.165, 1.54) is 0 Å². The van der Waals surface area contributed by atoms with Crippen molar-refractivity contribution in [3.8, 4) is 0 Å². The Balaban J connectivity index is 2.59. The molecule has 17 heavy (non-hydrogen) atoms. The van der Waals surface area contributed by atoms with Gasteiger partial charge in [-0.3, -0.25) is 4.79 Å². The van der Waals surface area contributed by atoms with Gasteiger partial charge in [0.25, 0.3) is 0 Å². The van der Waals surface area contributed by atoms with Crippen molar-refractivity contribution in [2.24, 2.45) is 5.41 Å². The second-order valence-corrected chi connectivity index (χ2v) is 5.70. The monoisotopic (exact) mass is 234 g/mol. The molecule has 3 N–H and O–H groups in total. The van der Waals surface area contributed by atoms with Gasteiger partial charge in [-0.25, -0.2) is 0 Å². The molecule has 0 unspecified atom stereocenters. The molecule has 0 aliphatic rings. The predicted octanol–water partition coefficient (Wildman–Crippen LogP) is 3.34. The fourth-order valence-electron chi connectivity index (χ4n) is 1.48. The lowest BCUT2D eigenvalue weighted by Crippen LogP contribution is -2.16. The van der Waals surface area contributed by atoms with Gasteiger partial charge in [0.1, 0.15) is 0 Å². The first-order valence-corrected chi connectivity index (χ1v) is 5.94. The molecule has 0 saturated heterocycles.